The number of aromatic amines is 1. The largest absolute Gasteiger partial charge is 0.358 e. The van der Waals surface area contributed by atoms with Crippen LogP contribution in [0.4, 0.5) is 0 Å². The van der Waals surface area contributed by atoms with Crippen molar-refractivity contribution in [1.29, 1.82) is 0 Å². The predicted molar refractivity (Wildman–Crippen MR) is 61.9 cm³/mol. The van der Waals surface area contributed by atoms with Crippen molar-refractivity contribution < 1.29 is 0 Å². The minimum atomic E-state index is 0.815. The first kappa shape index (κ1) is 8.61. The number of para-hydroxylation sites is 1. The topological polar surface area (TPSA) is 41.6 Å². The van der Waals surface area contributed by atoms with Crippen molar-refractivity contribution in [2.24, 2.45) is 0 Å². The second kappa shape index (κ2) is 3.17. The molecular weight excluding hydrogens is 206 g/mol. The molecule has 0 amide bonds. The van der Waals surface area contributed by atoms with E-state index in [1.807, 2.05) is 12.1 Å². The lowest BCUT2D eigenvalue weighted by molar-refractivity contribution is 1.26. The van der Waals surface area contributed by atoms with Crippen molar-refractivity contribution in [3.05, 3.63) is 35.5 Å². The summed E-state index contributed by atoms with van der Waals surface area (Å²) in [5.74, 6) is 0.815. The van der Waals surface area contributed by atoms with E-state index in [0.29, 0.717) is 0 Å². The molecule has 2 aromatic heterocycles. The van der Waals surface area contributed by atoms with Crippen LogP contribution < -0.4 is 0 Å². The lowest BCUT2D eigenvalue weighted by atomic mass is 10.1. The monoisotopic (exact) mass is 215 g/mol. The van der Waals surface area contributed by atoms with Crippen molar-refractivity contribution in [1.82, 2.24) is 14.3 Å². The molecule has 0 aliphatic carbocycles. The Balaban J connectivity index is 2.39. The van der Waals surface area contributed by atoms with Gasteiger partial charge in [0.2, 0.25) is 0 Å². The number of nitrogens with zero attached hydrogens (tertiary/aromatic N) is 2. The van der Waals surface area contributed by atoms with Gasteiger partial charge < -0.3 is 4.98 Å². The molecule has 74 valence electrons. The van der Waals surface area contributed by atoms with Crippen LogP contribution in [0.25, 0.3) is 22.3 Å². The maximum Gasteiger partial charge on any atom is 0.175 e. The van der Waals surface area contributed by atoms with Crippen LogP contribution in [0.2, 0.25) is 0 Å². The molecule has 0 radical (unpaired) electrons. The van der Waals surface area contributed by atoms with Gasteiger partial charge in [0, 0.05) is 22.2 Å². The number of H-pyrrole nitrogens is 1. The molecule has 0 atom stereocenters. The van der Waals surface area contributed by atoms with E-state index in [-0.39, 0.29) is 0 Å². The summed E-state index contributed by atoms with van der Waals surface area (Å²) in [6.07, 6.45) is 0. The fourth-order valence-electron chi connectivity index (χ4n) is 1.85. The summed E-state index contributed by atoms with van der Waals surface area (Å²) in [6.45, 7) is 2.05. The van der Waals surface area contributed by atoms with Crippen molar-refractivity contribution in [2.45, 2.75) is 6.92 Å². The zero-order valence-corrected chi connectivity index (χ0v) is 9.01. The van der Waals surface area contributed by atoms with Gasteiger partial charge in [-0.25, -0.2) is 4.98 Å². The van der Waals surface area contributed by atoms with Crippen molar-refractivity contribution in [2.75, 3.05) is 0 Å². The number of fused-ring (bicyclic) bond motifs is 1. The molecule has 3 nitrogen and oxygen atoms in total. The van der Waals surface area contributed by atoms with Gasteiger partial charge in [0.25, 0.3) is 0 Å². The molecule has 0 saturated heterocycles. The number of hydrogen-bond acceptors (Lipinski definition) is 3. The third-order valence-corrected chi connectivity index (χ3v) is 2.96. The number of rotatable bonds is 1. The fourth-order valence-corrected chi connectivity index (χ4v) is 2.28. The molecular formula is C11H9N3S. The molecule has 1 N–H and O–H groups in total. The van der Waals surface area contributed by atoms with E-state index in [9.17, 15) is 0 Å². The van der Waals surface area contributed by atoms with Crippen LogP contribution in [0.3, 0.4) is 0 Å². The van der Waals surface area contributed by atoms with Crippen molar-refractivity contribution in [3.8, 4) is 11.4 Å². The number of nitrogens with one attached hydrogen (secondary N) is 1. The third-order valence-electron chi connectivity index (χ3n) is 2.48. The normalized spacial score (nSPS) is 11.0. The maximum absolute atomic E-state index is 4.28. The van der Waals surface area contributed by atoms with E-state index in [4.69, 9.17) is 0 Å². The molecule has 3 rings (SSSR count). The highest BCUT2D eigenvalue weighted by Gasteiger charge is 2.12. The van der Waals surface area contributed by atoms with Gasteiger partial charge in [-0.1, -0.05) is 18.2 Å². The lowest BCUT2D eigenvalue weighted by Crippen LogP contribution is -1.81. The molecule has 3 aromatic rings. The molecule has 0 spiro atoms. The summed E-state index contributed by atoms with van der Waals surface area (Å²) in [5, 5.41) is 1.19. The van der Waals surface area contributed by atoms with E-state index in [0.717, 1.165) is 22.6 Å². The summed E-state index contributed by atoms with van der Waals surface area (Å²) < 4.78 is 4.28. The lowest BCUT2D eigenvalue weighted by Gasteiger charge is -1.93. The van der Waals surface area contributed by atoms with Crippen LogP contribution >= 0.6 is 11.5 Å². The molecule has 0 unspecified atom stereocenters. The van der Waals surface area contributed by atoms with Crippen LogP contribution in [-0.2, 0) is 0 Å². The Kier molecular flexibility index (Phi) is 1.82. The summed E-state index contributed by atoms with van der Waals surface area (Å²) in [4.78, 5) is 7.60. The Labute approximate surface area is 91.0 Å². The van der Waals surface area contributed by atoms with E-state index in [1.54, 1.807) is 5.51 Å². The maximum atomic E-state index is 4.28. The Morgan fingerprint density at radius 2 is 2.13 bits per heavy atom. The van der Waals surface area contributed by atoms with Crippen LogP contribution in [0.1, 0.15) is 5.69 Å². The molecule has 15 heavy (non-hydrogen) atoms. The highest BCUT2D eigenvalue weighted by atomic mass is 32.1. The standard InChI is InChI=1S/C11H9N3S/c1-7-10(11-12-6-15-14-11)8-4-2-3-5-9(8)13-7/h2-6,13H,1H3. The van der Waals surface area contributed by atoms with Crippen LogP contribution in [0.15, 0.2) is 29.8 Å². The highest BCUT2D eigenvalue weighted by Crippen LogP contribution is 2.29. The summed E-state index contributed by atoms with van der Waals surface area (Å²) in [6, 6.07) is 8.22. The average molecular weight is 215 g/mol. The smallest absolute Gasteiger partial charge is 0.175 e. The molecule has 0 fully saturated rings. The first-order chi connectivity index (χ1) is 7.36. The number of benzene rings is 1. The molecule has 2 heterocycles. The van der Waals surface area contributed by atoms with Gasteiger partial charge in [-0.15, -0.1) is 0 Å². The number of aryl methyl sites for hydroxylation is 1. The number of hydrogen-bond donors (Lipinski definition) is 1. The zero-order valence-electron chi connectivity index (χ0n) is 8.19. The van der Waals surface area contributed by atoms with Gasteiger partial charge in [-0.3, -0.25) is 0 Å². The molecule has 4 heteroatoms. The van der Waals surface area contributed by atoms with Gasteiger partial charge >= 0.3 is 0 Å². The van der Waals surface area contributed by atoms with Crippen molar-refractivity contribution in [3.63, 3.8) is 0 Å². The van der Waals surface area contributed by atoms with Gasteiger partial charge in [0.15, 0.2) is 5.82 Å². The van der Waals surface area contributed by atoms with E-state index in [2.05, 4.69) is 33.4 Å². The molecule has 0 aliphatic heterocycles. The van der Waals surface area contributed by atoms with Crippen LogP contribution in [-0.4, -0.2) is 14.3 Å². The quantitative estimate of drug-likeness (QED) is 0.678. The van der Waals surface area contributed by atoms with Gasteiger partial charge in [-0.05, 0) is 24.5 Å². The zero-order chi connectivity index (χ0) is 10.3. The third kappa shape index (κ3) is 1.26. The van der Waals surface area contributed by atoms with Crippen LogP contribution in [0.5, 0.6) is 0 Å². The number of aromatic nitrogens is 3. The first-order valence-electron chi connectivity index (χ1n) is 4.70. The molecule has 0 bridgehead atoms. The summed E-state index contributed by atoms with van der Waals surface area (Å²) in [5.41, 5.74) is 5.14. The summed E-state index contributed by atoms with van der Waals surface area (Å²) in [7, 11) is 0. The summed E-state index contributed by atoms with van der Waals surface area (Å²) >= 11 is 1.38. The predicted octanol–water partition coefficient (Wildman–Crippen LogP) is 2.99. The average Bonchev–Trinajstić information content (AvgIpc) is 2.82. The van der Waals surface area contributed by atoms with Gasteiger partial charge in [0.05, 0.1) is 0 Å². The van der Waals surface area contributed by atoms with E-state index >= 15 is 0 Å². The molecule has 0 aliphatic rings. The van der Waals surface area contributed by atoms with Crippen molar-refractivity contribution >= 4 is 22.4 Å². The molecule has 1 aromatic carbocycles. The Morgan fingerprint density at radius 3 is 2.93 bits per heavy atom. The minimum absolute atomic E-state index is 0.815. The Bertz CT molecular complexity index is 595. The fraction of sp³-hybridized carbons (Fsp3) is 0.0909. The second-order valence-electron chi connectivity index (χ2n) is 3.43. The molecule has 0 saturated carbocycles. The van der Waals surface area contributed by atoms with Gasteiger partial charge in [-0.2, -0.15) is 4.37 Å². The van der Waals surface area contributed by atoms with E-state index in [1.165, 1.54) is 16.9 Å². The first-order valence-corrected chi connectivity index (χ1v) is 5.54. The van der Waals surface area contributed by atoms with E-state index < -0.39 is 0 Å². The van der Waals surface area contributed by atoms with Gasteiger partial charge in [0.1, 0.15) is 5.51 Å². The second-order valence-corrected chi connectivity index (χ2v) is 4.03. The highest BCUT2D eigenvalue weighted by molar-refractivity contribution is 7.03. The Hall–Kier alpha value is -1.68. The SMILES string of the molecule is Cc1[nH]c2ccccc2c1-c1ncsn1. The Morgan fingerprint density at radius 1 is 1.27 bits per heavy atom. The minimum Gasteiger partial charge on any atom is -0.358 e. The van der Waals surface area contributed by atoms with Crippen LogP contribution in [0, 0.1) is 6.92 Å².